The molecule has 0 aromatic heterocycles. The van der Waals surface area contributed by atoms with Gasteiger partial charge in [0.05, 0.1) is 17.2 Å². The number of ether oxygens (including phenoxy) is 1. The van der Waals surface area contributed by atoms with Crippen molar-refractivity contribution in [3.05, 3.63) is 28.8 Å². The molecule has 8 heteroatoms. The Bertz CT molecular complexity index is 852. The topological polar surface area (TPSA) is 75.7 Å². The molecule has 1 fully saturated rings. The number of carbonyl (C=O) groups excluding carboxylic acids is 1. The number of rotatable bonds is 5. The summed E-state index contributed by atoms with van der Waals surface area (Å²) in [6, 6.07) is 4.38. The second-order valence-corrected chi connectivity index (χ2v) is 12.1. The molecule has 1 aromatic carbocycles. The van der Waals surface area contributed by atoms with Crippen LogP contribution in [0.1, 0.15) is 65.2 Å². The molecule has 164 valence electrons. The van der Waals surface area contributed by atoms with E-state index in [0.29, 0.717) is 0 Å². The van der Waals surface area contributed by atoms with Crippen LogP contribution in [0.4, 0.5) is 0 Å². The fourth-order valence-electron chi connectivity index (χ4n) is 4.06. The summed E-state index contributed by atoms with van der Waals surface area (Å²) in [6.07, 6.45) is 0.350. The Hall–Kier alpha value is -1.15. The minimum Gasteiger partial charge on any atom is -0.373 e. The Morgan fingerprint density at radius 1 is 1.17 bits per heavy atom. The highest BCUT2D eigenvalue weighted by atomic mass is 35.5. The molecule has 2 atom stereocenters. The number of halogens is 1. The lowest BCUT2D eigenvalue weighted by molar-refractivity contribution is -0.0440. The molecule has 29 heavy (non-hydrogen) atoms. The number of hydrogen-bond acceptors (Lipinski definition) is 4. The van der Waals surface area contributed by atoms with Crippen molar-refractivity contribution in [3.63, 3.8) is 0 Å². The summed E-state index contributed by atoms with van der Waals surface area (Å²) < 4.78 is 33.4. The first-order chi connectivity index (χ1) is 13.1. The maximum atomic E-state index is 13.2. The second kappa shape index (κ2) is 8.53. The zero-order valence-electron chi connectivity index (χ0n) is 18.4. The fraction of sp³-hybridized carbons (Fsp3) is 0.667. The highest BCUT2D eigenvalue weighted by Gasteiger charge is 2.34. The largest absolute Gasteiger partial charge is 0.373 e. The third-order valence-electron chi connectivity index (χ3n) is 4.62. The van der Waals surface area contributed by atoms with Gasteiger partial charge in [0, 0.05) is 24.2 Å². The maximum Gasteiger partial charge on any atom is 0.251 e. The SMILES string of the molecule is CC1CN(S(=O)(=O)c2cc(C(=O)NC(C)(C)CC(C)(C)C)ccc2Cl)CC(C)O1. The molecule has 1 aromatic rings. The normalized spacial score (nSPS) is 21.8. The van der Waals surface area contributed by atoms with Crippen molar-refractivity contribution in [1.82, 2.24) is 9.62 Å². The van der Waals surface area contributed by atoms with Crippen LogP contribution >= 0.6 is 11.6 Å². The molecule has 0 spiro atoms. The van der Waals surface area contributed by atoms with Gasteiger partial charge in [-0.25, -0.2) is 8.42 Å². The molecule has 1 heterocycles. The van der Waals surface area contributed by atoms with Crippen LogP contribution in [0.3, 0.4) is 0 Å². The lowest BCUT2D eigenvalue weighted by Crippen LogP contribution is -2.48. The van der Waals surface area contributed by atoms with Crippen LogP contribution in [0.25, 0.3) is 0 Å². The van der Waals surface area contributed by atoms with Gasteiger partial charge in [-0.1, -0.05) is 32.4 Å². The van der Waals surface area contributed by atoms with Crippen molar-refractivity contribution in [2.75, 3.05) is 13.1 Å². The predicted octanol–water partition coefficient (Wildman–Crippen LogP) is 4.08. The molecule has 1 amide bonds. The van der Waals surface area contributed by atoms with Crippen molar-refractivity contribution >= 4 is 27.5 Å². The Kier molecular flexibility index (Phi) is 7.10. The van der Waals surface area contributed by atoms with Crippen LogP contribution in [0, 0.1) is 5.41 Å². The quantitative estimate of drug-likeness (QED) is 0.742. The summed E-state index contributed by atoms with van der Waals surface area (Å²) in [7, 11) is -3.85. The summed E-state index contributed by atoms with van der Waals surface area (Å²) in [6.45, 7) is 14.4. The first-order valence-corrected chi connectivity index (χ1v) is 11.7. The third-order valence-corrected chi connectivity index (χ3v) is 6.93. The summed E-state index contributed by atoms with van der Waals surface area (Å²) in [5.74, 6) is -0.323. The number of sulfonamides is 1. The number of nitrogens with zero attached hydrogens (tertiary/aromatic N) is 1. The van der Waals surface area contributed by atoms with Gasteiger partial charge in [0.2, 0.25) is 10.0 Å². The number of nitrogens with one attached hydrogen (secondary N) is 1. The average molecular weight is 445 g/mol. The standard InChI is InChI=1S/C21H33ClN2O4S/c1-14-11-24(12-15(2)28-14)29(26,27)18-10-16(8-9-17(18)22)19(25)23-21(6,7)13-20(3,4)5/h8-10,14-15H,11-13H2,1-7H3,(H,23,25). The van der Waals surface area contributed by atoms with E-state index in [1.807, 2.05) is 27.7 Å². The van der Waals surface area contributed by atoms with E-state index in [-0.39, 0.29) is 52.1 Å². The second-order valence-electron chi connectivity index (χ2n) is 9.80. The van der Waals surface area contributed by atoms with Gasteiger partial charge in [-0.15, -0.1) is 0 Å². The van der Waals surface area contributed by atoms with Gasteiger partial charge in [-0.3, -0.25) is 4.79 Å². The number of amides is 1. The van der Waals surface area contributed by atoms with Crippen LogP contribution < -0.4 is 5.32 Å². The lowest BCUT2D eigenvalue weighted by Gasteiger charge is -2.34. The lowest BCUT2D eigenvalue weighted by atomic mass is 9.81. The minimum absolute atomic E-state index is 0.0367. The molecule has 0 bridgehead atoms. The van der Waals surface area contributed by atoms with E-state index >= 15 is 0 Å². The van der Waals surface area contributed by atoms with Crippen LogP contribution in [0.5, 0.6) is 0 Å². The first-order valence-electron chi connectivity index (χ1n) is 9.88. The average Bonchev–Trinajstić information content (AvgIpc) is 2.51. The Morgan fingerprint density at radius 2 is 1.72 bits per heavy atom. The summed E-state index contributed by atoms with van der Waals surface area (Å²) in [4.78, 5) is 12.8. The van der Waals surface area contributed by atoms with E-state index in [9.17, 15) is 13.2 Å². The predicted molar refractivity (Wildman–Crippen MR) is 116 cm³/mol. The summed E-state index contributed by atoms with van der Waals surface area (Å²) >= 11 is 6.23. The van der Waals surface area contributed by atoms with Gasteiger partial charge in [-0.2, -0.15) is 4.31 Å². The molecule has 0 aliphatic carbocycles. The van der Waals surface area contributed by atoms with Crippen LogP contribution in [-0.2, 0) is 14.8 Å². The molecule has 0 saturated carbocycles. The molecule has 2 rings (SSSR count). The van der Waals surface area contributed by atoms with E-state index in [2.05, 4.69) is 26.1 Å². The zero-order valence-corrected chi connectivity index (χ0v) is 19.9. The molecule has 1 N–H and O–H groups in total. The molecule has 6 nitrogen and oxygen atoms in total. The monoisotopic (exact) mass is 444 g/mol. The van der Waals surface area contributed by atoms with Gasteiger partial charge >= 0.3 is 0 Å². The van der Waals surface area contributed by atoms with Crippen LogP contribution in [-0.4, -0.2) is 49.5 Å². The summed E-state index contributed by atoms with van der Waals surface area (Å²) in [5.41, 5.74) is -0.137. The first kappa shape index (κ1) is 24.1. The Morgan fingerprint density at radius 3 is 2.24 bits per heavy atom. The molecule has 1 aliphatic rings. The van der Waals surface area contributed by atoms with Gasteiger partial charge < -0.3 is 10.1 Å². The minimum atomic E-state index is -3.85. The van der Waals surface area contributed by atoms with Crippen molar-refractivity contribution in [2.45, 2.75) is 77.5 Å². The van der Waals surface area contributed by atoms with E-state index in [1.54, 1.807) is 6.07 Å². The van der Waals surface area contributed by atoms with Gasteiger partial charge in [0.1, 0.15) is 4.90 Å². The van der Waals surface area contributed by atoms with Crippen molar-refractivity contribution < 1.29 is 17.9 Å². The highest BCUT2D eigenvalue weighted by Crippen LogP contribution is 2.30. The number of benzene rings is 1. The van der Waals surface area contributed by atoms with Crippen LogP contribution in [0.15, 0.2) is 23.1 Å². The van der Waals surface area contributed by atoms with E-state index in [4.69, 9.17) is 16.3 Å². The summed E-state index contributed by atoms with van der Waals surface area (Å²) in [5, 5.41) is 3.11. The third kappa shape index (κ3) is 6.41. The van der Waals surface area contributed by atoms with Crippen molar-refractivity contribution in [2.24, 2.45) is 5.41 Å². The molecule has 0 radical (unpaired) electrons. The Balaban J connectivity index is 2.30. The molecular formula is C21H33ClN2O4S. The van der Waals surface area contributed by atoms with Gasteiger partial charge in [-0.05, 0) is 57.7 Å². The fourth-order valence-corrected chi connectivity index (χ4v) is 6.15. The van der Waals surface area contributed by atoms with Gasteiger partial charge in [0.15, 0.2) is 0 Å². The number of hydrogen-bond donors (Lipinski definition) is 1. The highest BCUT2D eigenvalue weighted by molar-refractivity contribution is 7.89. The number of carbonyl (C=O) groups is 1. The van der Waals surface area contributed by atoms with Gasteiger partial charge in [0.25, 0.3) is 5.91 Å². The molecular weight excluding hydrogens is 412 g/mol. The smallest absolute Gasteiger partial charge is 0.251 e. The van der Waals surface area contributed by atoms with E-state index in [0.717, 1.165) is 6.42 Å². The number of morpholine rings is 1. The van der Waals surface area contributed by atoms with Crippen molar-refractivity contribution in [3.8, 4) is 0 Å². The van der Waals surface area contributed by atoms with E-state index < -0.39 is 15.6 Å². The molecule has 1 aliphatic heterocycles. The van der Waals surface area contributed by atoms with Crippen LogP contribution in [0.2, 0.25) is 5.02 Å². The zero-order chi connectivity index (χ0) is 22.2. The molecule has 2 unspecified atom stereocenters. The van der Waals surface area contributed by atoms with Crippen molar-refractivity contribution in [1.29, 1.82) is 0 Å². The maximum absolute atomic E-state index is 13.2. The molecule has 1 saturated heterocycles. The Labute approximate surface area is 180 Å². The van der Waals surface area contributed by atoms with E-state index in [1.165, 1.54) is 16.4 Å².